The summed E-state index contributed by atoms with van der Waals surface area (Å²) in [6, 6.07) is 14.3. The highest BCUT2D eigenvalue weighted by Crippen LogP contribution is 2.21. The number of carbonyl (C=O) groups excluding carboxylic acids is 2. The first-order chi connectivity index (χ1) is 12.6. The molecule has 138 valence electrons. The van der Waals surface area contributed by atoms with E-state index in [2.05, 4.69) is 28.8 Å². The van der Waals surface area contributed by atoms with Crippen LogP contribution < -0.4 is 15.4 Å². The molecule has 0 aromatic heterocycles. The predicted molar refractivity (Wildman–Crippen MR) is 100 cm³/mol. The van der Waals surface area contributed by atoms with E-state index in [-0.39, 0.29) is 6.15 Å². The lowest BCUT2D eigenvalue weighted by atomic mass is 10.0. The maximum absolute atomic E-state index is 8.12. The van der Waals surface area contributed by atoms with Crippen LogP contribution in [-0.2, 0) is 22.7 Å². The molecular formula is C20H23ClN2O3. The Balaban J connectivity index is 0.000000758. The fourth-order valence-electron chi connectivity index (χ4n) is 2.59. The third kappa shape index (κ3) is 6.62. The SMILES string of the molecule is Cc1ccc(COc2cccc(CNCC3CNC3)c2)c(Cl)c1.O=C=O. The van der Waals surface area contributed by atoms with Crippen molar-refractivity contribution in [3.05, 3.63) is 64.2 Å². The highest BCUT2D eigenvalue weighted by Gasteiger charge is 2.15. The fraction of sp³-hybridized carbons (Fsp3) is 0.350. The first-order valence-electron chi connectivity index (χ1n) is 8.50. The topological polar surface area (TPSA) is 67.4 Å². The van der Waals surface area contributed by atoms with Gasteiger partial charge in [0.15, 0.2) is 0 Å². The van der Waals surface area contributed by atoms with E-state index < -0.39 is 0 Å². The molecule has 0 aliphatic carbocycles. The zero-order valence-corrected chi connectivity index (χ0v) is 15.5. The molecule has 0 bridgehead atoms. The number of halogens is 1. The van der Waals surface area contributed by atoms with Crippen molar-refractivity contribution in [3.8, 4) is 5.75 Å². The molecular weight excluding hydrogens is 352 g/mol. The molecule has 2 aromatic rings. The first-order valence-corrected chi connectivity index (χ1v) is 8.87. The molecule has 26 heavy (non-hydrogen) atoms. The molecule has 1 heterocycles. The van der Waals surface area contributed by atoms with Crippen LogP contribution in [0.1, 0.15) is 16.7 Å². The maximum Gasteiger partial charge on any atom is 0.373 e. The molecule has 1 aliphatic heterocycles. The lowest BCUT2D eigenvalue weighted by Crippen LogP contribution is -2.47. The number of benzene rings is 2. The lowest BCUT2D eigenvalue weighted by molar-refractivity contribution is -0.191. The molecule has 5 nitrogen and oxygen atoms in total. The van der Waals surface area contributed by atoms with Crippen molar-refractivity contribution in [2.75, 3.05) is 19.6 Å². The van der Waals surface area contributed by atoms with Crippen LogP contribution in [-0.4, -0.2) is 25.8 Å². The summed E-state index contributed by atoms with van der Waals surface area (Å²) in [4.78, 5) is 16.2. The van der Waals surface area contributed by atoms with Crippen molar-refractivity contribution >= 4 is 17.8 Å². The minimum absolute atomic E-state index is 0.250. The van der Waals surface area contributed by atoms with Gasteiger partial charge in [-0.25, -0.2) is 0 Å². The summed E-state index contributed by atoms with van der Waals surface area (Å²) in [5, 5.41) is 7.55. The van der Waals surface area contributed by atoms with Crippen molar-refractivity contribution < 1.29 is 14.3 Å². The average molecular weight is 375 g/mol. The largest absolute Gasteiger partial charge is 0.489 e. The Morgan fingerprint density at radius 1 is 1.23 bits per heavy atom. The standard InChI is InChI=1S/C19H23ClN2O.CO2/c1-14-5-6-17(19(20)7-14)13-23-18-4-2-3-15(8-18)9-21-10-16-11-22-12-16;2-1-3/h2-8,16,21-22H,9-13H2,1H3;. The third-order valence-electron chi connectivity index (χ3n) is 4.13. The van der Waals surface area contributed by atoms with Gasteiger partial charge in [0.25, 0.3) is 0 Å². The van der Waals surface area contributed by atoms with Gasteiger partial charge in [-0.05, 0) is 42.2 Å². The van der Waals surface area contributed by atoms with Crippen LogP contribution in [0, 0.1) is 12.8 Å². The van der Waals surface area contributed by atoms with E-state index in [9.17, 15) is 0 Å². The average Bonchev–Trinajstić information content (AvgIpc) is 2.57. The monoisotopic (exact) mass is 374 g/mol. The van der Waals surface area contributed by atoms with Crippen molar-refractivity contribution in [3.63, 3.8) is 0 Å². The Kier molecular flexibility index (Phi) is 8.32. The van der Waals surface area contributed by atoms with E-state index in [4.69, 9.17) is 25.9 Å². The molecule has 0 spiro atoms. The molecule has 2 N–H and O–H groups in total. The van der Waals surface area contributed by atoms with Crippen LogP contribution in [0.3, 0.4) is 0 Å². The van der Waals surface area contributed by atoms with Crippen LogP contribution in [0.25, 0.3) is 0 Å². The second-order valence-corrected chi connectivity index (χ2v) is 6.68. The second kappa shape index (κ2) is 10.7. The molecule has 3 rings (SSSR count). The van der Waals surface area contributed by atoms with Crippen molar-refractivity contribution in [1.29, 1.82) is 0 Å². The fourth-order valence-corrected chi connectivity index (χ4v) is 2.88. The van der Waals surface area contributed by atoms with Crippen molar-refractivity contribution in [2.45, 2.75) is 20.1 Å². The summed E-state index contributed by atoms with van der Waals surface area (Å²) in [6.45, 7) is 6.73. The molecule has 0 saturated carbocycles. The Morgan fingerprint density at radius 2 is 2.00 bits per heavy atom. The summed E-state index contributed by atoms with van der Waals surface area (Å²) in [5.74, 6) is 1.66. The summed E-state index contributed by atoms with van der Waals surface area (Å²) >= 11 is 6.25. The molecule has 0 atom stereocenters. The van der Waals surface area contributed by atoms with E-state index >= 15 is 0 Å². The summed E-state index contributed by atoms with van der Waals surface area (Å²) in [5.41, 5.74) is 3.41. The summed E-state index contributed by atoms with van der Waals surface area (Å²) < 4.78 is 5.89. The van der Waals surface area contributed by atoms with Crippen LogP contribution in [0.4, 0.5) is 0 Å². The molecule has 2 aromatic carbocycles. The molecule has 0 unspecified atom stereocenters. The van der Waals surface area contributed by atoms with Crippen molar-refractivity contribution in [1.82, 2.24) is 10.6 Å². The van der Waals surface area contributed by atoms with Gasteiger partial charge in [-0.2, -0.15) is 9.59 Å². The Morgan fingerprint density at radius 3 is 2.65 bits per heavy atom. The normalized spacial score (nSPS) is 13.2. The molecule has 1 aliphatic rings. The van der Waals surface area contributed by atoms with Crippen LogP contribution in [0.5, 0.6) is 5.75 Å². The summed E-state index contributed by atoms with van der Waals surface area (Å²) in [7, 11) is 0. The smallest absolute Gasteiger partial charge is 0.373 e. The predicted octanol–water partition coefficient (Wildman–Crippen LogP) is 2.95. The van der Waals surface area contributed by atoms with Gasteiger partial charge >= 0.3 is 6.15 Å². The van der Waals surface area contributed by atoms with Gasteiger partial charge < -0.3 is 15.4 Å². The number of hydrogen-bond donors (Lipinski definition) is 2. The Bertz CT molecular complexity index is 742. The third-order valence-corrected chi connectivity index (χ3v) is 4.48. The molecule has 1 saturated heterocycles. The van der Waals surface area contributed by atoms with E-state index in [1.54, 1.807) is 0 Å². The number of ether oxygens (including phenoxy) is 1. The highest BCUT2D eigenvalue weighted by atomic mass is 35.5. The Hall–Kier alpha value is -2.17. The minimum Gasteiger partial charge on any atom is -0.489 e. The second-order valence-electron chi connectivity index (χ2n) is 6.27. The van der Waals surface area contributed by atoms with Gasteiger partial charge in [0, 0.05) is 36.8 Å². The Labute approximate surface area is 158 Å². The number of aryl methyl sites for hydroxylation is 1. The van der Waals surface area contributed by atoms with Crippen LogP contribution >= 0.6 is 11.6 Å². The molecule has 1 fully saturated rings. The van der Waals surface area contributed by atoms with Gasteiger partial charge in [-0.15, -0.1) is 0 Å². The minimum atomic E-state index is 0.250. The van der Waals surface area contributed by atoms with E-state index in [1.165, 1.54) is 5.56 Å². The van der Waals surface area contributed by atoms with Gasteiger partial charge in [0.05, 0.1) is 0 Å². The number of hydrogen-bond acceptors (Lipinski definition) is 5. The zero-order valence-electron chi connectivity index (χ0n) is 14.8. The van der Waals surface area contributed by atoms with Gasteiger partial charge in [-0.1, -0.05) is 35.9 Å². The number of rotatable bonds is 7. The zero-order chi connectivity index (χ0) is 18.8. The maximum atomic E-state index is 8.12. The summed E-state index contributed by atoms with van der Waals surface area (Å²) in [6.07, 6.45) is 0.250. The van der Waals surface area contributed by atoms with Crippen molar-refractivity contribution in [2.24, 2.45) is 5.92 Å². The number of nitrogens with one attached hydrogen (secondary N) is 2. The van der Waals surface area contributed by atoms with E-state index in [0.29, 0.717) is 6.61 Å². The molecule has 0 radical (unpaired) electrons. The molecule has 6 heteroatoms. The highest BCUT2D eigenvalue weighted by molar-refractivity contribution is 6.31. The molecule has 0 amide bonds. The lowest BCUT2D eigenvalue weighted by Gasteiger charge is -2.27. The van der Waals surface area contributed by atoms with Gasteiger partial charge in [0.2, 0.25) is 0 Å². The van der Waals surface area contributed by atoms with Crippen LogP contribution in [0.2, 0.25) is 5.02 Å². The quantitative estimate of drug-likeness (QED) is 0.780. The van der Waals surface area contributed by atoms with Gasteiger partial charge in [-0.3, -0.25) is 0 Å². The first kappa shape index (κ1) is 20.1. The van der Waals surface area contributed by atoms with E-state index in [0.717, 1.165) is 54.0 Å². The van der Waals surface area contributed by atoms with Gasteiger partial charge in [0.1, 0.15) is 12.4 Å². The van der Waals surface area contributed by atoms with E-state index in [1.807, 2.05) is 31.2 Å². The van der Waals surface area contributed by atoms with Crippen LogP contribution in [0.15, 0.2) is 42.5 Å².